The maximum absolute atomic E-state index is 11.8. The first-order chi connectivity index (χ1) is 7.76. The Labute approximate surface area is 102 Å². The summed E-state index contributed by atoms with van der Waals surface area (Å²) >= 11 is 0. The number of hydrogen-bond donors (Lipinski definition) is 0. The van der Waals surface area contributed by atoms with Crippen LogP contribution in [0, 0.1) is 17.8 Å². The molecule has 0 aromatic carbocycles. The second kappa shape index (κ2) is 4.90. The van der Waals surface area contributed by atoms with Crippen molar-refractivity contribution in [3.63, 3.8) is 0 Å². The first kappa shape index (κ1) is 13.7. The molecule has 1 heterocycles. The van der Waals surface area contributed by atoms with Gasteiger partial charge in [0.2, 0.25) is 0 Å². The van der Waals surface area contributed by atoms with Gasteiger partial charge in [0.15, 0.2) is 5.92 Å². The molecule has 0 radical (unpaired) electrons. The second-order valence-corrected chi connectivity index (χ2v) is 5.25. The average molecular weight is 240 g/mol. The molecule has 1 aliphatic rings. The van der Waals surface area contributed by atoms with Crippen molar-refractivity contribution >= 4 is 11.9 Å². The van der Waals surface area contributed by atoms with Crippen LogP contribution < -0.4 is 0 Å². The van der Waals surface area contributed by atoms with Gasteiger partial charge in [-0.1, -0.05) is 19.9 Å². The van der Waals surface area contributed by atoms with Gasteiger partial charge in [0, 0.05) is 19.8 Å². The molecule has 0 spiro atoms. The highest BCUT2D eigenvalue weighted by molar-refractivity contribution is 5.97. The van der Waals surface area contributed by atoms with Crippen molar-refractivity contribution in [3.8, 4) is 0 Å². The number of carbonyl (C=O) groups is 2. The minimum Gasteiger partial charge on any atom is -0.422 e. The van der Waals surface area contributed by atoms with Gasteiger partial charge < -0.3 is 9.47 Å². The first-order valence-electron chi connectivity index (χ1n) is 5.85. The van der Waals surface area contributed by atoms with Crippen molar-refractivity contribution in [3.05, 3.63) is 12.7 Å². The van der Waals surface area contributed by atoms with Crippen molar-refractivity contribution < 1.29 is 19.1 Å². The van der Waals surface area contributed by atoms with Crippen molar-refractivity contribution in [1.82, 2.24) is 0 Å². The van der Waals surface area contributed by atoms with Crippen LogP contribution in [-0.4, -0.2) is 17.7 Å². The van der Waals surface area contributed by atoms with E-state index in [2.05, 4.69) is 6.58 Å². The third-order valence-electron chi connectivity index (χ3n) is 2.68. The van der Waals surface area contributed by atoms with Crippen LogP contribution in [0.5, 0.6) is 0 Å². The molecule has 0 aromatic rings. The van der Waals surface area contributed by atoms with Gasteiger partial charge in [-0.2, -0.15) is 0 Å². The summed E-state index contributed by atoms with van der Waals surface area (Å²) < 4.78 is 10.2. The monoisotopic (exact) mass is 240 g/mol. The van der Waals surface area contributed by atoms with Crippen molar-refractivity contribution in [2.45, 2.75) is 39.9 Å². The minimum absolute atomic E-state index is 0.230. The number of hydrogen-bond acceptors (Lipinski definition) is 4. The molecule has 0 unspecified atom stereocenters. The largest absolute Gasteiger partial charge is 0.422 e. The highest BCUT2D eigenvalue weighted by Gasteiger charge is 2.46. The number of allylic oxidation sites excluding steroid dienone is 1. The van der Waals surface area contributed by atoms with Gasteiger partial charge in [-0.25, -0.2) is 0 Å². The van der Waals surface area contributed by atoms with Gasteiger partial charge in [-0.15, -0.1) is 6.58 Å². The van der Waals surface area contributed by atoms with Crippen LogP contribution >= 0.6 is 0 Å². The fourth-order valence-corrected chi connectivity index (χ4v) is 1.99. The second-order valence-electron chi connectivity index (χ2n) is 5.25. The molecule has 4 nitrogen and oxygen atoms in total. The van der Waals surface area contributed by atoms with E-state index in [1.807, 2.05) is 13.8 Å². The van der Waals surface area contributed by atoms with Crippen molar-refractivity contribution in [2.24, 2.45) is 17.8 Å². The molecule has 1 fully saturated rings. The normalized spacial score (nSPS) is 21.9. The fourth-order valence-electron chi connectivity index (χ4n) is 1.99. The summed E-state index contributed by atoms with van der Waals surface area (Å²) in [5.74, 6) is -2.93. The van der Waals surface area contributed by atoms with Crippen LogP contribution in [0.2, 0.25) is 0 Å². The highest BCUT2D eigenvalue weighted by atomic mass is 16.7. The molecule has 0 aliphatic carbocycles. The molecule has 0 N–H and O–H groups in total. The molecule has 1 atom stereocenters. The number of esters is 2. The molecule has 1 saturated heterocycles. The summed E-state index contributed by atoms with van der Waals surface area (Å²) in [5, 5.41) is 0. The molecular weight excluding hydrogens is 220 g/mol. The van der Waals surface area contributed by atoms with Gasteiger partial charge >= 0.3 is 11.9 Å². The zero-order valence-electron chi connectivity index (χ0n) is 10.9. The Morgan fingerprint density at radius 1 is 1.29 bits per heavy atom. The van der Waals surface area contributed by atoms with E-state index >= 15 is 0 Å². The summed E-state index contributed by atoms with van der Waals surface area (Å²) in [5.41, 5.74) is 0. The lowest BCUT2D eigenvalue weighted by Crippen LogP contribution is -2.48. The van der Waals surface area contributed by atoms with Crippen LogP contribution in [0.3, 0.4) is 0 Å². The van der Waals surface area contributed by atoms with Gasteiger partial charge in [-0.05, 0) is 12.3 Å². The number of rotatable bonds is 4. The SMILES string of the molecule is C=C[C@H](CC(C)C)C1C(=O)OC(C)(C)OC1=O. The molecule has 0 saturated carbocycles. The lowest BCUT2D eigenvalue weighted by atomic mass is 9.85. The number of ether oxygens (including phenoxy) is 2. The molecule has 0 bridgehead atoms. The predicted octanol–water partition coefficient (Wildman–Crippen LogP) is 2.29. The minimum atomic E-state index is -1.16. The quantitative estimate of drug-likeness (QED) is 0.430. The predicted molar refractivity (Wildman–Crippen MR) is 62.9 cm³/mol. The van der Waals surface area contributed by atoms with Crippen LogP contribution in [0.1, 0.15) is 34.1 Å². The van der Waals surface area contributed by atoms with E-state index in [4.69, 9.17) is 9.47 Å². The molecule has 1 rings (SSSR count). The Morgan fingerprint density at radius 3 is 2.12 bits per heavy atom. The third-order valence-corrected chi connectivity index (χ3v) is 2.68. The van der Waals surface area contributed by atoms with E-state index < -0.39 is 23.6 Å². The van der Waals surface area contributed by atoms with Gasteiger partial charge in [0.1, 0.15) is 0 Å². The zero-order chi connectivity index (χ0) is 13.2. The Bertz CT molecular complexity index is 310. The Morgan fingerprint density at radius 2 is 1.76 bits per heavy atom. The highest BCUT2D eigenvalue weighted by Crippen LogP contribution is 2.31. The van der Waals surface area contributed by atoms with Crippen LogP contribution in [-0.2, 0) is 19.1 Å². The van der Waals surface area contributed by atoms with Gasteiger partial charge in [0.05, 0.1) is 0 Å². The third kappa shape index (κ3) is 3.32. The van der Waals surface area contributed by atoms with E-state index in [-0.39, 0.29) is 5.92 Å². The average Bonchev–Trinajstić information content (AvgIpc) is 2.12. The topological polar surface area (TPSA) is 52.6 Å². The van der Waals surface area contributed by atoms with Gasteiger partial charge in [0.25, 0.3) is 5.79 Å². The molecule has 96 valence electrons. The van der Waals surface area contributed by atoms with E-state index in [0.29, 0.717) is 12.3 Å². The van der Waals surface area contributed by atoms with E-state index in [1.165, 1.54) is 0 Å². The van der Waals surface area contributed by atoms with Crippen molar-refractivity contribution in [2.75, 3.05) is 0 Å². The van der Waals surface area contributed by atoms with E-state index in [1.54, 1.807) is 19.9 Å². The summed E-state index contributed by atoms with van der Waals surface area (Å²) in [6.45, 7) is 10.8. The molecule has 0 aromatic heterocycles. The summed E-state index contributed by atoms with van der Waals surface area (Å²) in [6.07, 6.45) is 2.34. The zero-order valence-corrected chi connectivity index (χ0v) is 10.9. The lowest BCUT2D eigenvalue weighted by molar-refractivity contribution is -0.242. The lowest BCUT2D eigenvalue weighted by Gasteiger charge is -2.35. The number of cyclic esters (lactones) is 2. The first-order valence-corrected chi connectivity index (χ1v) is 5.85. The van der Waals surface area contributed by atoms with Crippen LogP contribution in [0.4, 0.5) is 0 Å². The van der Waals surface area contributed by atoms with Crippen LogP contribution in [0.15, 0.2) is 12.7 Å². The number of carbonyl (C=O) groups excluding carboxylic acids is 2. The Balaban J connectivity index is 2.86. The summed E-state index contributed by atoms with van der Waals surface area (Å²) in [7, 11) is 0. The molecule has 17 heavy (non-hydrogen) atoms. The Hall–Kier alpha value is -1.32. The van der Waals surface area contributed by atoms with Gasteiger partial charge in [-0.3, -0.25) is 9.59 Å². The van der Waals surface area contributed by atoms with E-state index in [9.17, 15) is 9.59 Å². The maximum Gasteiger partial charge on any atom is 0.324 e. The fraction of sp³-hybridized carbons (Fsp3) is 0.692. The maximum atomic E-state index is 11.8. The summed E-state index contributed by atoms with van der Waals surface area (Å²) in [4.78, 5) is 23.7. The molecule has 0 amide bonds. The smallest absolute Gasteiger partial charge is 0.324 e. The molecule has 4 heteroatoms. The van der Waals surface area contributed by atoms with E-state index in [0.717, 1.165) is 0 Å². The standard InChI is InChI=1S/C13H20O4/c1-6-9(7-8(2)3)10-11(14)16-13(4,5)17-12(10)15/h6,8-10H,1,7H2,2-5H3/t9-/m1/s1. The molecular formula is C13H20O4. The van der Waals surface area contributed by atoms with Crippen molar-refractivity contribution in [1.29, 1.82) is 0 Å². The Kier molecular flexibility index (Phi) is 3.96. The molecule has 1 aliphatic heterocycles. The van der Waals surface area contributed by atoms with Crippen LogP contribution in [0.25, 0.3) is 0 Å². The summed E-state index contributed by atoms with van der Waals surface area (Å²) in [6, 6.07) is 0.